The van der Waals surface area contributed by atoms with E-state index >= 15 is 0 Å². The molecule has 41 heavy (non-hydrogen) atoms. The predicted octanol–water partition coefficient (Wildman–Crippen LogP) is 2.79. The molecule has 3 atom stereocenters. The second-order valence-corrected chi connectivity index (χ2v) is 10.5. The molecule has 1 unspecified atom stereocenters. The second-order valence-electron chi connectivity index (χ2n) is 10.5. The van der Waals surface area contributed by atoms with Gasteiger partial charge >= 0.3 is 51.4 Å². The Kier molecular flexibility index (Phi) is 24.5. The van der Waals surface area contributed by atoms with Gasteiger partial charge in [-0.3, -0.25) is 4.90 Å². The average Bonchev–Trinajstić information content (AvgIpc) is 3.35. The number of hydrogen-bond donors (Lipinski definition) is 2. The van der Waals surface area contributed by atoms with E-state index in [-0.39, 0.29) is 63.7 Å². The van der Waals surface area contributed by atoms with Crippen LogP contribution in [0.1, 0.15) is 78.7 Å². The van der Waals surface area contributed by atoms with E-state index in [0.29, 0.717) is 0 Å². The summed E-state index contributed by atoms with van der Waals surface area (Å²) >= 11 is 0. The number of nitrogens with two attached hydrogens (primary N) is 1. The molecular weight excluding hydrogens is 541 g/mol. The van der Waals surface area contributed by atoms with Crippen molar-refractivity contribution in [2.24, 2.45) is 5.73 Å². The minimum atomic E-state index is -0.750. The molecular formula is C33H54KN3O4. The number of hydroxylamine groups is 1. The van der Waals surface area contributed by atoms with E-state index in [4.69, 9.17) is 20.1 Å². The van der Waals surface area contributed by atoms with Gasteiger partial charge < -0.3 is 25.2 Å². The number of ether oxygens (including phenoxy) is 1. The fourth-order valence-electron chi connectivity index (χ4n) is 4.55. The zero-order chi connectivity index (χ0) is 30.6. The minimum absolute atomic E-state index is 0. The van der Waals surface area contributed by atoms with Crippen LogP contribution in [0, 0.1) is 0 Å². The van der Waals surface area contributed by atoms with Crippen molar-refractivity contribution in [3.05, 3.63) is 72.8 Å². The van der Waals surface area contributed by atoms with Crippen LogP contribution >= 0.6 is 0 Å². The van der Waals surface area contributed by atoms with Crippen LogP contribution in [0.4, 0.5) is 0 Å². The molecule has 1 saturated heterocycles. The van der Waals surface area contributed by atoms with E-state index in [1.807, 2.05) is 32.8 Å². The van der Waals surface area contributed by atoms with Crippen molar-refractivity contribution in [2.45, 2.75) is 96.7 Å². The number of carbonyl (C=O) groups excluding carboxylic acids is 1. The van der Waals surface area contributed by atoms with Gasteiger partial charge in [-0.25, -0.2) is 0 Å². The number of benzene rings is 2. The molecule has 8 heteroatoms. The van der Waals surface area contributed by atoms with Crippen LogP contribution in [-0.4, -0.2) is 50.4 Å². The molecule has 1 aliphatic rings. The fraction of sp³-hybridized carbons (Fsp3) is 0.545. The van der Waals surface area contributed by atoms with E-state index in [2.05, 4.69) is 65.5 Å². The number of likely N-dealkylation sites (tertiary alicyclic amines) is 1. The Morgan fingerprint density at radius 3 is 2.07 bits per heavy atom. The molecule has 1 heterocycles. The van der Waals surface area contributed by atoms with Crippen molar-refractivity contribution in [1.29, 1.82) is 0 Å². The molecule has 226 valence electrons. The van der Waals surface area contributed by atoms with Gasteiger partial charge in [-0.2, -0.15) is 5.48 Å². The largest absolute Gasteiger partial charge is 1.00 e. The first-order valence-electron chi connectivity index (χ1n) is 14.2. The average molecular weight is 596 g/mol. The third-order valence-electron chi connectivity index (χ3n) is 6.36. The Labute approximate surface area is 292 Å². The van der Waals surface area contributed by atoms with Crippen molar-refractivity contribution in [3.63, 3.8) is 0 Å². The quantitative estimate of drug-likeness (QED) is 0.169. The monoisotopic (exact) mass is 595 g/mol. The molecule has 2 aromatic carbocycles. The number of nitrogens with one attached hydrogen (secondary N) is 1. The van der Waals surface area contributed by atoms with Crippen LogP contribution in [-0.2, 0) is 20.0 Å². The third-order valence-corrected chi connectivity index (χ3v) is 6.36. The third kappa shape index (κ3) is 16.0. The van der Waals surface area contributed by atoms with Crippen molar-refractivity contribution < 1.29 is 70.9 Å². The topological polar surface area (TPSA) is 99.9 Å². The number of unbranched alkanes of at least 4 members (excludes halogenated alkanes) is 3. The Bertz CT molecular complexity index is 903. The molecule has 0 bridgehead atoms. The molecule has 0 saturated carbocycles. The molecule has 0 aliphatic carbocycles. The van der Waals surface area contributed by atoms with Gasteiger partial charge in [-0.1, -0.05) is 108 Å². The zero-order valence-electron chi connectivity index (χ0n) is 26.9. The summed E-state index contributed by atoms with van der Waals surface area (Å²) in [7, 11) is 3.44. The van der Waals surface area contributed by atoms with Crippen LogP contribution in [0.15, 0.2) is 67.3 Å². The summed E-state index contributed by atoms with van der Waals surface area (Å²) < 4.78 is 6.14. The van der Waals surface area contributed by atoms with Gasteiger partial charge in [-0.15, -0.1) is 12.2 Å². The molecule has 3 N–H and O–H groups in total. The number of allylic oxidation sites excluding steroid dienone is 1. The van der Waals surface area contributed by atoms with Gasteiger partial charge in [0.05, 0.1) is 19.4 Å². The van der Waals surface area contributed by atoms with Crippen molar-refractivity contribution in [1.82, 2.24) is 10.4 Å². The van der Waals surface area contributed by atoms with E-state index in [1.165, 1.54) is 29.5 Å². The summed E-state index contributed by atoms with van der Waals surface area (Å²) in [6.45, 7) is 15.4. The molecule has 2 aromatic rings. The van der Waals surface area contributed by atoms with E-state index in [1.54, 1.807) is 35.0 Å². The normalized spacial score (nSPS) is 18.7. The SMILES string of the molecule is C=CCCCCC[C@H](N)N1C[C@](OC)(c2ccc(-c3ccccc3)cc2)CC1NOC.C=O.CC.CC(C)(C)[O-].[K+]. The van der Waals surface area contributed by atoms with E-state index in [9.17, 15) is 5.11 Å². The van der Waals surface area contributed by atoms with Crippen molar-refractivity contribution in [3.8, 4) is 11.1 Å². The summed E-state index contributed by atoms with van der Waals surface area (Å²) in [5.41, 5.74) is 12.2. The minimum Gasteiger partial charge on any atom is -0.850 e. The van der Waals surface area contributed by atoms with Crippen LogP contribution in [0.5, 0.6) is 0 Å². The maximum absolute atomic E-state index is 10.1. The van der Waals surface area contributed by atoms with Crippen molar-refractivity contribution >= 4 is 6.79 Å². The molecule has 0 amide bonds. The first-order valence-corrected chi connectivity index (χ1v) is 14.2. The summed E-state index contributed by atoms with van der Waals surface area (Å²) in [6, 6.07) is 19.1. The first kappa shape index (κ1) is 42.4. The number of carbonyl (C=O) groups is 1. The first-order chi connectivity index (χ1) is 19.1. The molecule has 1 fully saturated rings. The molecule has 0 radical (unpaired) electrons. The number of rotatable bonds is 12. The smallest absolute Gasteiger partial charge is 0.850 e. The van der Waals surface area contributed by atoms with Crippen LogP contribution in [0.3, 0.4) is 0 Å². The Hall–Kier alpha value is -0.754. The summed E-state index contributed by atoms with van der Waals surface area (Å²) in [6.07, 6.45) is 8.18. The van der Waals surface area contributed by atoms with E-state index in [0.717, 1.165) is 32.2 Å². The molecule has 0 aromatic heterocycles. The molecule has 7 nitrogen and oxygen atoms in total. The van der Waals surface area contributed by atoms with Crippen molar-refractivity contribution in [2.75, 3.05) is 20.8 Å². The van der Waals surface area contributed by atoms with Gasteiger partial charge in [0.1, 0.15) is 12.4 Å². The summed E-state index contributed by atoms with van der Waals surface area (Å²) in [5.74, 6) is 0. The van der Waals surface area contributed by atoms with Crippen LogP contribution in [0.2, 0.25) is 0 Å². The zero-order valence-corrected chi connectivity index (χ0v) is 30.1. The Balaban J connectivity index is 0. The van der Waals surface area contributed by atoms with Crippen LogP contribution < -0.4 is 67.7 Å². The second kappa shape index (κ2) is 23.7. The van der Waals surface area contributed by atoms with Gasteiger partial charge in [0.2, 0.25) is 0 Å². The molecule has 3 rings (SSSR count). The van der Waals surface area contributed by atoms with Crippen LogP contribution in [0.25, 0.3) is 11.1 Å². The van der Waals surface area contributed by atoms with Gasteiger partial charge in [0.25, 0.3) is 0 Å². The molecule has 1 aliphatic heterocycles. The van der Waals surface area contributed by atoms with Gasteiger partial charge in [-0.05, 0) is 36.0 Å². The number of nitrogens with zero attached hydrogens (tertiary/aromatic N) is 1. The summed E-state index contributed by atoms with van der Waals surface area (Å²) in [5, 5.41) is 10.1. The van der Waals surface area contributed by atoms with Gasteiger partial charge in [0.15, 0.2) is 0 Å². The molecule has 0 spiro atoms. The summed E-state index contributed by atoms with van der Waals surface area (Å²) in [4.78, 5) is 15.6. The maximum atomic E-state index is 10.1. The van der Waals surface area contributed by atoms with Gasteiger partial charge in [0, 0.05) is 20.1 Å². The van der Waals surface area contributed by atoms with E-state index < -0.39 is 11.2 Å². The number of hydrogen-bond acceptors (Lipinski definition) is 7. The predicted molar refractivity (Wildman–Crippen MR) is 165 cm³/mol. The Morgan fingerprint density at radius 1 is 1.05 bits per heavy atom. The maximum Gasteiger partial charge on any atom is 1.00 e. The number of methoxy groups -OCH3 is 1. The fourth-order valence-corrected chi connectivity index (χ4v) is 4.55. The Morgan fingerprint density at radius 2 is 1.59 bits per heavy atom. The standard InChI is InChI=1S/C26H37N3O2.C4H9O.C2H6.CH2O.K/c1-4-5-6-7-11-14-24(27)29-20-26(30-2,19-25(29)28-31-3)23-17-15-22(16-18-23)21-12-9-8-10-13-21;1-4(2,3)5;2*1-2;/h4,8-10,12-13,15-18,24-25,28H,1,5-7,11,14,19-20,27H2,2-3H3;1-3H3;1-2H3;1H2;/q;-1;;;+1/t24-,25?,26+;;;;/m1..../s1.